The van der Waals surface area contributed by atoms with Crippen molar-refractivity contribution in [1.29, 1.82) is 0 Å². The highest BCUT2D eigenvalue weighted by Crippen LogP contribution is 2.25. The zero-order valence-corrected chi connectivity index (χ0v) is 18.3. The van der Waals surface area contributed by atoms with Crippen molar-refractivity contribution in [3.8, 4) is 0 Å². The number of nitrogens with zero attached hydrogens (tertiary/aromatic N) is 3. The monoisotopic (exact) mass is 419 g/mol. The van der Waals surface area contributed by atoms with Gasteiger partial charge in [0.1, 0.15) is 11.4 Å². The SMILES string of the molecule is CC(C)(C)OC(=O)N1CCN(c2ccc(CN=C(N)NCC3CCC3)cc2F)CC1. The van der Waals surface area contributed by atoms with E-state index in [0.717, 1.165) is 12.1 Å². The van der Waals surface area contributed by atoms with E-state index in [-0.39, 0.29) is 11.9 Å². The molecule has 30 heavy (non-hydrogen) atoms. The van der Waals surface area contributed by atoms with E-state index in [0.29, 0.717) is 50.3 Å². The number of anilines is 1. The second-order valence-electron chi connectivity index (χ2n) is 9.12. The molecule has 1 aromatic carbocycles. The number of rotatable bonds is 5. The Bertz CT molecular complexity index is 765. The summed E-state index contributed by atoms with van der Waals surface area (Å²) in [6.45, 7) is 8.87. The van der Waals surface area contributed by atoms with E-state index in [1.54, 1.807) is 11.0 Å². The summed E-state index contributed by atoms with van der Waals surface area (Å²) in [6, 6.07) is 5.17. The van der Waals surface area contributed by atoms with Crippen LogP contribution < -0.4 is 16.0 Å². The number of aliphatic imine (C=N–C) groups is 1. The van der Waals surface area contributed by atoms with Gasteiger partial charge in [-0.15, -0.1) is 0 Å². The quantitative estimate of drug-likeness (QED) is 0.566. The molecule has 1 aliphatic carbocycles. The second-order valence-corrected chi connectivity index (χ2v) is 9.12. The molecule has 1 saturated carbocycles. The molecule has 0 bridgehead atoms. The van der Waals surface area contributed by atoms with Gasteiger partial charge in [0.05, 0.1) is 12.2 Å². The maximum Gasteiger partial charge on any atom is 0.410 e. The third kappa shape index (κ3) is 6.24. The highest BCUT2D eigenvalue weighted by molar-refractivity contribution is 5.77. The highest BCUT2D eigenvalue weighted by atomic mass is 19.1. The van der Waals surface area contributed by atoms with Crippen molar-refractivity contribution in [3.05, 3.63) is 29.6 Å². The maximum absolute atomic E-state index is 14.7. The number of nitrogens with one attached hydrogen (secondary N) is 1. The van der Waals surface area contributed by atoms with Crippen molar-refractivity contribution < 1.29 is 13.9 Å². The van der Waals surface area contributed by atoms with E-state index >= 15 is 0 Å². The molecule has 8 heteroatoms. The van der Waals surface area contributed by atoms with Gasteiger partial charge in [-0.05, 0) is 57.2 Å². The molecular formula is C22H34FN5O2. The summed E-state index contributed by atoms with van der Waals surface area (Å²) in [5.41, 5.74) is 6.70. The molecule has 0 unspecified atom stereocenters. The molecular weight excluding hydrogens is 385 g/mol. The van der Waals surface area contributed by atoms with Gasteiger partial charge in [0.15, 0.2) is 5.96 Å². The minimum atomic E-state index is -0.519. The summed E-state index contributed by atoms with van der Waals surface area (Å²) in [5, 5.41) is 3.14. The Morgan fingerprint density at radius 1 is 1.27 bits per heavy atom. The van der Waals surface area contributed by atoms with Crippen molar-refractivity contribution >= 4 is 17.7 Å². The highest BCUT2D eigenvalue weighted by Gasteiger charge is 2.26. The lowest BCUT2D eigenvalue weighted by atomic mass is 9.85. The number of hydrogen-bond acceptors (Lipinski definition) is 4. The van der Waals surface area contributed by atoms with Crippen LogP contribution in [-0.2, 0) is 11.3 Å². The molecule has 2 fully saturated rings. The molecule has 166 valence electrons. The lowest BCUT2D eigenvalue weighted by Crippen LogP contribution is -2.50. The molecule has 1 saturated heterocycles. The minimum absolute atomic E-state index is 0.283. The van der Waals surface area contributed by atoms with Crippen molar-refractivity contribution in [3.63, 3.8) is 0 Å². The van der Waals surface area contributed by atoms with Crippen molar-refractivity contribution in [1.82, 2.24) is 10.2 Å². The number of piperazine rings is 1. The van der Waals surface area contributed by atoms with Crippen molar-refractivity contribution in [2.24, 2.45) is 16.6 Å². The summed E-state index contributed by atoms with van der Waals surface area (Å²) in [4.78, 5) is 20.1. The number of halogens is 1. The van der Waals surface area contributed by atoms with Gasteiger partial charge in [0.25, 0.3) is 0 Å². The van der Waals surface area contributed by atoms with Crippen LogP contribution in [0.1, 0.15) is 45.6 Å². The van der Waals surface area contributed by atoms with Gasteiger partial charge >= 0.3 is 6.09 Å². The molecule has 1 amide bonds. The molecule has 0 aromatic heterocycles. The third-order valence-electron chi connectivity index (χ3n) is 5.51. The number of amides is 1. The van der Waals surface area contributed by atoms with Crippen LogP contribution in [-0.4, -0.2) is 55.3 Å². The molecule has 3 N–H and O–H groups in total. The van der Waals surface area contributed by atoms with E-state index in [1.807, 2.05) is 31.7 Å². The molecule has 1 aromatic rings. The van der Waals surface area contributed by atoms with Gasteiger partial charge in [0.2, 0.25) is 0 Å². The van der Waals surface area contributed by atoms with Gasteiger partial charge < -0.3 is 25.6 Å². The third-order valence-corrected chi connectivity index (χ3v) is 5.51. The molecule has 1 aliphatic heterocycles. The minimum Gasteiger partial charge on any atom is -0.444 e. The van der Waals surface area contributed by atoms with Crippen LogP contribution in [0.15, 0.2) is 23.2 Å². The van der Waals surface area contributed by atoms with Gasteiger partial charge in [-0.3, -0.25) is 0 Å². The van der Waals surface area contributed by atoms with E-state index in [1.165, 1.54) is 25.3 Å². The molecule has 0 atom stereocenters. The number of hydrogen-bond donors (Lipinski definition) is 2. The fourth-order valence-electron chi connectivity index (χ4n) is 3.54. The Labute approximate surface area is 178 Å². The number of carbonyl (C=O) groups is 1. The van der Waals surface area contributed by atoms with Crippen molar-refractivity contribution in [2.45, 2.75) is 52.2 Å². The summed E-state index contributed by atoms with van der Waals surface area (Å²) < 4.78 is 20.1. The molecule has 3 rings (SSSR count). The number of benzene rings is 1. The van der Waals surface area contributed by atoms with E-state index in [4.69, 9.17) is 10.5 Å². The first-order valence-corrected chi connectivity index (χ1v) is 10.8. The first-order valence-electron chi connectivity index (χ1n) is 10.8. The van der Waals surface area contributed by atoms with E-state index in [2.05, 4.69) is 10.3 Å². The van der Waals surface area contributed by atoms with Crippen LogP contribution in [0.2, 0.25) is 0 Å². The second kappa shape index (κ2) is 9.53. The van der Waals surface area contributed by atoms with Gasteiger partial charge in [-0.1, -0.05) is 12.5 Å². The Morgan fingerprint density at radius 2 is 1.97 bits per heavy atom. The number of ether oxygens (including phenoxy) is 1. The average Bonchev–Trinajstić information content (AvgIpc) is 2.64. The van der Waals surface area contributed by atoms with Crippen LogP contribution in [0.3, 0.4) is 0 Å². The summed E-state index contributed by atoms with van der Waals surface area (Å²) in [7, 11) is 0. The van der Waals surface area contributed by atoms with Crippen LogP contribution in [0, 0.1) is 11.7 Å². The Balaban J connectivity index is 1.50. The van der Waals surface area contributed by atoms with Gasteiger partial charge in [-0.25, -0.2) is 14.2 Å². The van der Waals surface area contributed by atoms with Crippen LogP contribution in [0.5, 0.6) is 0 Å². The van der Waals surface area contributed by atoms with Crippen LogP contribution in [0.25, 0.3) is 0 Å². The number of nitrogens with two attached hydrogens (primary N) is 1. The Morgan fingerprint density at radius 3 is 2.53 bits per heavy atom. The molecule has 0 radical (unpaired) electrons. The van der Waals surface area contributed by atoms with E-state index < -0.39 is 5.60 Å². The van der Waals surface area contributed by atoms with Crippen molar-refractivity contribution in [2.75, 3.05) is 37.6 Å². The predicted molar refractivity (Wildman–Crippen MR) is 117 cm³/mol. The maximum atomic E-state index is 14.7. The molecule has 2 aliphatic rings. The topological polar surface area (TPSA) is 83.2 Å². The summed E-state index contributed by atoms with van der Waals surface area (Å²) in [6.07, 6.45) is 3.47. The van der Waals surface area contributed by atoms with E-state index in [9.17, 15) is 9.18 Å². The largest absolute Gasteiger partial charge is 0.444 e. The first kappa shape index (κ1) is 22.2. The van der Waals surface area contributed by atoms with Gasteiger partial charge in [-0.2, -0.15) is 0 Å². The molecule has 0 spiro atoms. The standard InChI is InChI=1S/C22H34FN5O2/c1-22(2,3)30-21(29)28-11-9-27(10-12-28)19-8-7-17(13-18(19)23)15-26-20(24)25-14-16-5-4-6-16/h7-8,13,16H,4-6,9-12,14-15H2,1-3H3,(H3,24,25,26). The summed E-state index contributed by atoms with van der Waals surface area (Å²) >= 11 is 0. The smallest absolute Gasteiger partial charge is 0.410 e. The number of carbonyl (C=O) groups excluding carboxylic acids is 1. The zero-order chi connectivity index (χ0) is 21.7. The Kier molecular flexibility index (Phi) is 7.05. The predicted octanol–water partition coefficient (Wildman–Crippen LogP) is 3.09. The molecule has 1 heterocycles. The van der Waals surface area contributed by atoms with Crippen LogP contribution >= 0.6 is 0 Å². The lowest BCUT2D eigenvalue weighted by Gasteiger charge is -2.36. The zero-order valence-electron chi connectivity index (χ0n) is 18.3. The first-order chi connectivity index (χ1) is 14.2. The van der Waals surface area contributed by atoms with Crippen LogP contribution in [0.4, 0.5) is 14.9 Å². The Hall–Kier alpha value is -2.51. The number of guanidine groups is 1. The fourth-order valence-corrected chi connectivity index (χ4v) is 3.54. The normalized spacial score (nSPS) is 18.2. The molecule has 7 nitrogen and oxygen atoms in total. The lowest BCUT2D eigenvalue weighted by molar-refractivity contribution is 0.0240. The average molecular weight is 420 g/mol. The summed E-state index contributed by atoms with van der Waals surface area (Å²) in [5.74, 6) is 0.824. The fraction of sp³-hybridized carbons (Fsp3) is 0.636. The van der Waals surface area contributed by atoms with Gasteiger partial charge in [0, 0.05) is 32.7 Å².